The van der Waals surface area contributed by atoms with Gasteiger partial charge in [-0.05, 0) is 31.6 Å². The molecule has 108 valence electrons. The second-order valence-electron chi connectivity index (χ2n) is 5.34. The van der Waals surface area contributed by atoms with Crippen molar-refractivity contribution in [2.75, 3.05) is 19.6 Å². The fourth-order valence-electron chi connectivity index (χ4n) is 2.04. The first-order valence-corrected chi connectivity index (χ1v) is 8.24. The van der Waals surface area contributed by atoms with Crippen LogP contribution in [0.15, 0.2) is 0 Å². The van der Waals surface area contributed by atoms with Crippen LogP contribution in [0.2, 0.25) is 0 Å². The fraction of sp³-hybridized carbons (Fsp3) is 1.00. The standard InChI is InChI=1S/C12H26N2O3S/c1-4-12(15,5-2)10-13-18(16,17)14-8-6-11(3)7-9-14/h11,13,15H,4-10H2,1-3H3. The predicted octanol–water partition coefficient (Wildman–Crippen LogP) is 1.10. The highest BCUT2D eigenvalue weighted by molar-refractivity contribution is 7.87. The van der Waals surface area contributed by atoms with E-state index in [1.54, 1.807) is 0 Å². The van der Waals surface area contributed by atoms with Gasteiger partial charge in [0.25, 0.3) is 10.2 Å². The van der Waals surface area contributed by atoms with E-state index in [2.05, 4.69) is 11.6 Å². The van der Waals surface area contributed by atoms with Gasteiger partial charge in [-0.3, -0.25) is 0 Å². The third-order valence-electron chi connectivity index (χ3n) is 3.98. The molecule has 0 aromatic carbocycles. The first-order valence-electron chi connectivity index (χ1n) is 6.80. The number of aliphatic hydroxyl groups is 1. The van der Waals surface area contributed by atoms with Crippen molar-refractivity contribution in [3.63, 3.8) is 0 Å². The molecule has 0 amide bonds. The molecular weight excluding hydrogens is 252 g/mol. The van der Waals surface area contributed by atoms with Gasteiger partial charge in [0, 0.05) is 19.6 Å². The molecule has 1 heterocycles. The number of nitrogens with one attached hydrogen (secondary N) is 1. The van der Waals surface area contributed by atoms with E-state index in [9.17, 15) is 13.5 Å². The van der Waals surface area contributed by atoms with Gasteiger partial charge in [0.15, 0.2) is 0 Å². The van der Waals surface area contributed by atoms with Crippen LogP contribution < -0.4 is 4.72 Å². The summed E-state index contributed by atoms with van der Waals surface area (Å²) in [5, 5.41) is 10.1. The molecule has 0 aromatic heterocycles. The number of piperidine rings is 1. The lowest BCUT2D eigenvalue weighted by Gasteiger charge is -2.31. The molecule has 6 heteroatoms. The molecule has 1 saturated heterocycles. The van der Waals surface area contributed by atoms with Crippen molar-refractivity contribution in [3.8, 4) is 0 Å². The Balaban J connectivity index is 2.55. The second-order valence-corrected chi connectivity index (χ2v) is 7.09. The highest BCUT2D eigenvalue weighted by Gasteiger charge is 2.29. The van der Waals surface area contributed by atoms with E-state index in [0.29, 0.717) is 31.8 Å². The molecule has 0 aliphatic carbocycles. The van der Waals surface area contributed by atoms with Gasteiger partial charge in [0.2, 0.25) is 0 Å². The Morgan fingerprint density at radius 1 is 1.28 bits per heavy atom. The maximum atomic E-state index is 12.1. The Labute approximate surface area is 111 Å². The molecule has 18 heavy (non-hydrogen) atoms. The van der Waals surface area contributed by atoms with Crippen LogP contribution in [-0.4, -0.2) is 43.1 Å². The highest BCUT2D eigenvalue weighted by Crippen LogP contribution is 2.19. The minimum absolute atomic E-state index is 0.0917. The summed E-state index contributed by atoms with van der Waals surface area (Å²) in [4.78, 5) is 0. The van der Waals surface area contributed by atoms with Crippen LogP contribution in [0.5, 0.6) is 0 Å². The number of hydrogen-bond acceptors (Lipinski definition) is 3. The Bertz CT molecular complexity index is 344. The third kappa shape index (κ3) is 4.19. The minimum Gasteiger partial charge on any atom is -0.389 e. The highest BCUT2D eigenvalue weighted by atomic mass is 32.2. The number of nitrogens with zero attached hydrogens (tertiary/aromatic N) is 1. The molecule has 0 unspecified atom stereocenters. The van der Waals surface area contributed by atoms with Crippen molar-refractivity contribution < 1.29 is 13.5 Å². The number of rotatable bonds is 6. The van der Waals surface area contributed by atoms with Crippen LogP contribution in [0.3, 0.4) is 0 Å². The summed E-state index contributed by atoms with van der Waals surface area (Å²) < 4.78 is 28.2. The van der Waals surface area contributed by atoms with Crippen molar-refractivity contribution in [3.05, 3.63) is 0 Å². The summed E-state index contributed by atoms with van der Waals surface area (Å²) in [5.41, 5.74) is -0.934. The summed E-state index contributed by atoms with van der Waals surface area (Å²) in [5.74, 6) is 0.597. The first-order chi connectivity index (χ1) is 8.33. The molecule has 0 spiro atoms. The fourth-order valence-corrected chi connectivity index (χ4v) is 3.37. The molecule has 1 aliphatic rings. The topological polar surface area (TPSA) is 69.6 Å². The largest absolute Gasteiger partial charge is 0.389 e. The molecular formula is C12H26N2O3S. The Morgan fingerprint density at radius 3 is 2.22 bits per heavy atom. The Hall–Kier alpha value is -0.170. The maximum Gasteiger partial charge on any atom is 0.279 e. The molecule has 0 aromatic rings. The molecule has 0 atom stereocenters. The zero-order valence-electron chi connectivity index (χ0n) is 11.6. The van der Waals surface area contributed by atoms with E-state index in [-0.39, 0.29) is 6.54 Å². The first kappa shape index (κ1) is 15.9. The SMILES string of the molecule is CCC(O)(CC)CNS(=O)(=O)N1CCC(C)CC1. The van der Waals surface area contributed by atoms with Crippen molar-refractivity contribution in [1.82, 2.24) is 9.03 Å². The lowest BCUT2D eigenvalue weighted by molar-refractivity contribution is 0.0372. The molecule has 2 N–H and O–H groups in total. The van der Waals surface area contributed by atoms with E-state index >= 15 is 0 Å². The molecule has 0 saturated carbocycles. The Morgan fingerprint density at radius 2 is 1.78 bits per heavy atom. The second kappa shape index (κ2) is 6.32. The molecule has 0 bridgehead atoms. The van der Waals surface area contributed by atoms with Crippen LogP contribution in [0.4, 0.5) is 0 Å². The van der Waals surface area contributed by atoms with Crippen LogP contribution in [0.25, 0.3) is 0 Å². The normalized spacial score (nSPS) is 20.2. The van der Waals surface area contributed by atoms with E-state index in [1.165, 1.54) is 4.31 Å². The van der Waals surface area contributed by atoms with Gasteiger partial charge in [-0.15, -0.1) is 0 Å². The van der Waals surface area contributed by atoms with Gasteiger partial charge in [0.1, 0.15) is 0 Å². The summed E-state index contributed by atoms with van der Waals surface area (Å²) in [6.45, 7) is 7.11. The molecule has 1 rings (SSSR count). The number of hydrogen-bond donors (Lipinski definition) is 2. The Kier molecular flexibility index (Phi) is 5.58. The van der Waals surface area contributed by atoms with E-state index in [4.69, 9.17) is 0 Å². The molecule has 5 nitrogen and oxygen atoms in total. The molecule has 0 radical (unpaired) electrons. The monoisotopic (exact) mass is 278 g/mol. The van der Waals surface area contributed by atoms with Gasteiger partial charge in [-0.25, -0.2) is 0 Å². The van der Waals surface area contributed by atoms with Gasteiger partial charge in [0.05, 0.1) is 5.60 Å². The third-order valence-corrected chi connectivity index (χ3v) is 5.54. The predicted molar refractivity (Wildman–Crippen MR) is 72.4 cm³/mol. The van der Waals surface area contributed by atoms with E-state index in [0.717, 1.165) is 12.8 Å². The van der Waals surface area contributed by atoms with Crippen LogP contribution >= 0.6 is 0 Å². The maximum absolute atomic E-state index is 12.1. The van der Waals surface area contributed by atoms with Crippen LogP contribution in [0.1, 0.15) is 46.5 Å². The minimum atomic E-state index is -3.44. The smallest absolute Gasteiger partial charge is 0.279 e. The van der Waals surface area contributed by atoms with Crippen molar-refractivity contribution in [2.45, 2.75) is 52.1 Å². The summed E-state index contributed by atoms with van der Waals surface area (Å²) in [6, 6.07) is 0. The van der Waals surface area contributed by atoms with Gasteiger partial charge < -0.3 is 5.11 Å². The molecule has 1 fully saturated rings. The average molecular weight is 278 g/mol. The van der Waals surface area contributed by atoms with Crippen molar-refractivity contribution in [2.24, 2.45) is 5.92 Å². The quantitative estimate of drug-likeness (QED) is 0.764. The van der Waals surface area contributed by atoms with E-state index in [1.807, 2.05) is 13.8 Å². The van der Waals surface area contributed by atoms with E-state index < -0.39 is 15.8 Å². The molecule has 1 aliphatic heterocycles. The van der Waals surface area contributed by atoms with Gasteiger partial charge >= 0.3 is 0 Å². The van der Waals surface area contributed by atoms with Crippen molar-refractivity contribution >= 4 is 10.2 Å². The summed E-state index contributed by atoms with van der Waals surface area (Å²) in [7, 11) is -3.44. The lowest BCUT2D eigenvalue weighted by Crippen LogP contribution is -2.49. The van der Waals surface area contributed by atoms with Gasteiger partial charge in [-0.2, -0.15) is 17.4 Å². The summed E-state index contributed by atoms with van der Waals surface area (Å²) >= 11 is 0. The average Bonchev–Trinajstić information content (AvgIpc) is 2.37. The van der Waals surface area contributed by atoms with Crippen LogP contribution in [-0.2, 0) is 10.2 Å². The van der Waals surface area contributed by atoms with Crippen LogP contribution in [0, 0.1) is 5.92 Å². The summed E-state index contributed by atoms with van der Waals surface area (Å²) in [6.07, 6.45) is 2.91. The van der Waals surface area contributed by atoms with Crippen molar-refractivity contribution in [1.29, 1.82) is 0 Å². The lowest BCUT2D eigenvalue weighted by atomic mass is 9.98. The zero-order chi connectivity index (χ0) is 13.8. The zero-order valence-corrected chi connectivity index (χ0v) is 12.5. The van der Waals surface area contributed by atoms with Gasteiger partial charge in [-0.1, -0.05) is 20.8 Å².